The van der Waals surface area contributed by atoms with E-state index in [0.717, 1.165) is 0 Å². The third kappa shape index (κ3) is 5.45. The van der Waals surface area contributed by atoms with Gasteiger partial charge in [0.2, 0.25) is 5.91 Å². The topological polar surface area (TPSA) is 67.4 Å². The highest BCUT2D eigenvalue weighted by Gasteiger charge is 2.03. The van der Waals surface area contributed by atoms with E-state index >= 15 is 0 Å². The highest BCUT2D eigenvalue weighted by molar-refractivity contribution is 5.94. The van der Waals surface area contributed by atoms with Crippen LogP contribution in [0, 0.1) is 0 Å². The second-order valence-electron chi connectivity index (χ2n) is 3.61. The molecule has 18 heavy (non-hydrogen) atoms. The van der Waals surface area contributed by atoms with Gasteiger partial charge in [0.15, 0.2) is 0 Å². The fourth-order valence-corrected chi connectivity index (χ4v) is 1.32. The average Bonchev–Trinajstić information content (AvgIpc) is 2.42. The normalized spacial score (nSPS) is 9.83. The highest BCUT2D eigenvalue weighted by Crippen LogP contribution is 1.96. The van der Waals surface area contributed by atoms with Crippen molar-refractivity contribution in [3.05, 3.63) is 35.9 Å². The Kier molecular flexibility index (Phi) is 6.50. The molecule has 98 valence electrons. The summed E-state index contributed by atoms with van der Waals surface area (Å²) in [5.41, 5.74) is 0.609. The lowest BCUT2D eigenvalue weighted by Gasteiger charge is -2.07. The minimum absolute atomic E-state index is 0.0587. The van der Waals surface area contributed by atoms with Gasteiger partial charge in [-0.3, -0.25) is 9.59 Å². The summed E-state index contributed by atoms with van der Waals surface area (Å²) in [6.07, 6.45) is 0. The van der Waals surface area contributed by atoms with Gasteiger partial charge < -0.3 is 15.4 Å². The summed E-state index contributed by atoms with van der Waals surface area (Å²) in [5.74, 6) is -0.319. The molecule has 0 bridgehead atoms. The molecule has 0 saturated carbocycles. The highest BCUT2D eigenvalue weighted by atomic mass is 16.5. The van der Waals surface area contributed by atoms with Crippen LogP contribution in [0.2, 0.25) is 0 Å². The maximum atomic E-state index is 11.6. The first-order valence-corrected chi connectivity index (χ1v) is 5.91. The van der Waals surface area contributed by atoms with Crippen LogP contribution in [-0.4, -0.2) is 38.1 Å². The lowest BCUT2D eigenvalue weighted by Crippen LogP contribution is -2.36. The third-order valence-electron chi connectivity index (χ3n) is 2.21. The molecular weight excluding hydrogens is 232 g/mol. The molecule has 0 aliphatic carbocycles. The van der Waals surface area contributed by atoms with Gasteiger partial charge in [0.25, 0.3) is 5.91 Å². The molecule has 0 aromatic heterocycles. The van der Waals surface area contributed by atoms with E-state index in [2.05, 4.69) is 10.6 Å². The number of rotatable bonds is 7. The van der Waals surface area contributed by atoms with Crippen molar-refractivity contribution in [3.63, 3.8) is 0 Å². The first kappa shape index (κ1) is 14.2. The second-order valence-corrected chi connectivity index (χ2v) is 3.61. The Hall–Kier alpha value is -1.88. The Morgan fingerprint density at radius 3 is 2.44 bits per heavy atom. The molecule has 0 aliphatic rings. The van der Waals surface area contributed by atoms with Gasteiger partial charge in [0.1, 0.15) is 6.61 Å². The number of carbonyl (C=O) groups is 2. The monoisotopic (exact) mass is 250 g/mol. The van der Waals surface area contributed by atoms with Gasteiger partial charge in [-0.05, 0) is 19.1 Å². The molecule has 0 fully saturated rings. The number of hydrogen-bond donors (Lipinski definition) is 2. The molecule has 0 unspecified atom stereocenters. The molecule has 1 aromatic carbocycles. The lowest BCUT2D eigenvalue weighted by molar-refractivity contribution is -0.125. The van der Waals surface area contributed by atoms with E-state index in [-0.39, 0.29) is 18.4 Å². The van der Waals surface area contributed by atoms with Crippen molar-refractivity contribution >= 4 is 11.8 Å². The maximum Gasteiger partial charge on any atom is 0.251 e. The van der Waals surface area contributed by atoms with Crippen molar-refractivity contribution in [2.75, 3.05) is 26.3 Å². The van der Waals surface area contributed by atoms with Crippen LogP contribution in [0.5, 0.6) is 0 Å². The molecule has 0 heterocycles. The molecule has 0 aliphatic heterocycles. The van der Waals surface area contributed by atoms with Crippen LogP contribution < -0.4 is 10.6 Å². The van der Waals surface area contributed by atoms with Crippen molar-refractivity contribution in [2.24, 2.45) is 0 Å². The number of benzene rings is 1. The summed E-state index contributed by atoms with van der Waals surface area (Å²) >= 11 is 0. The van der Waals surface area contributed by atoms with Crippen LogP contribution in [0.25, 0.3) is 0 Å². The standard InChI is InChI=1S/C13H18N2O3/c1-2-18-10-12(16)14-8-9-15-13(17)11-6-4-3-5-7-11/h3-7H,2,8-10H2,1H3,(H,14,16)(H,15,17). The molecule has 0 spiro atoms. The Bertz CT molecular complexity index is 379. The smallest absolute Gasteiger partial charge is 0.251 e. The molecule has 1 rings (SSSR count). The quantitative estimate of drug-likeness (QED) is 0.695. The number of carbonyl (C=O) groups excluding carboxylic acids is 2. The van der Waals surface area contributed by atoms with Crippen LogP contribution in [-0.2, 0) is 9.53 Å². The molecule has 0 atom stereocenters. The Balaban J connectivity index is 2.15. The van der Waals surface area contributed by atoms with Gasteiger partial charge in [-0.1, -0.05) is 18.2 Å². The van der Waals surface area contributed by atoms with Crippen molar-refractivity contribution in [3.8, 4) is 0 Å². The zero-order valence-corrected chi connectivity index (χ0v) is 10.4. The molecule has 0 radical (unpaired) electrons. The summed E-state index contributed by atoms with van der Waals surface area (Å²) < 4.78 is 4.94. The summed E-state index contributed by atoms with van der Waals surface area (Å²) in [6, 6.07) is 8.94. The zero-order chi connectivity index (χ0) is 13.2. The van der Waals surface area contributed by atoms with Crippen LogP contribution in [0.15, 0.2) is 30.3 Å². The van der Waals surface area contributed by atoms with Gasteiger partial charge in [0.05, 0.1) is 0 Å². The summed E-state index contributed by atoms with van der Waals surface area (Å²) in [6.45, 7) is 3.19. The number of amides is 2. The van der Waals surface area contributed by atoms with Crippen molar-refractivity contribution in [2.45, 2.75) is 6.92 Å². The minimum Gasteiger partial charge on any atom is -0.372 e. The van der Waals surface area contributed by atoms with Gasteiger partial charge in [-0.2, -0.15) is 0 Å². The largest absolute Gasteiger partial charge is 0.372 e. The SMILES string of the molecule is CCOCC(=O)NCCNC(=O)c1ccccc1. The Labute approximate surface area is 107 Å². The van der Waals surface area contributed by atoms with Gasteiger partial charge in [-0.25, -0.2) is 0 Å². The molecule has 5 nitrogen and oxygen atoms in total. The van der Waals surface area contributed by atoms with Crippen LogP contribution >= 0.6 is 0 Å². The summed E-state index contributed by atoms with van der Waals surface area (Å²) in [4.78, 5) is 22.8. The number of hydrogen-bond acceptors (Lipinski definition) is 3. The van der Waals surface area contributed by atoms with E-state index < -0.39 is 0 Å². The van der Waals surface area contributed by atoms with E-state index in [0.29, 0.717) is 25.3 Å². The van der Waals surface area contributed by atoms with Crippen molar-refractivity contribution in [1.29, 1.82) is 0 Å². The lowest BCUT2D eigenvalue weighted by atomic mass is 10.2. The first-order chi connectivity index (χ1) is 8.74. The molecule has 2 N–H and O–H groups in total. The van der Waals surface area contributed by atoms with Crippen LogP contribution in [0.1, 0.15) is 17.3 Å². The van der Waals surface area contributed by atoms with E-state index in [4.69, 9.17) is 4.74 Å². The summed E-state index contributed by atoms with van der Waals surface area (Å²) in [5, 5.41) is 5.36. The van der Waals surface area contributed by atoms with E-state index in [9.17, 15) is 9.59 Å². The van der Waals surface area contributed by atoms with Gasteiger partial charge >= 0.3 is 0 Å². The summed E-state index contributed by atoms with van der Waals surface area (Å²) in [7, 11) is 0. The van der Waals surface area contributed by atoms with Crippen molar-refractivity contribution in [1.82, 2.24) is 10.6 Å². The van der Waals surface area contributed by atoms with E-state index in [1.54, 1.807) is 24.3 Å². The number of ether oxygens (including phenoxy) is 1. The molecular formula is C13H18N2O3. The average molecular weight is 250 g/mol. The molecule has 2 amide bonds. The van der Waals surface area contributed by atoms with Gasteiger partial charge in [-0.15, -0.1) is 0 Å². The zero-order valence-electron chi connectivity index (χ0n) is 10.4. The van der Waals surface area contributed by atoms with Crippen molar-refractivity contribution < 1.29 is 14.3 Å². The third-order valence-corrected chi connectivity index (χ3v) is 2.21. The number of nitrogens with one attached hydrogen (secondary N) is 2. The second kappa shape index (κ2) is 8.25. The van der Waals surface area contributed by atoms with E-state index in [1.165, 1.54) is 0 Å². The molecule has 1 aromatic rings. The van der Waals surface area contributed by atoms with Crippen LogP contribution in [0.3, 0.4) is 0 Å². The predicted octanol–water partition coefficient (Wildman–Crippen LogP) is 0.569. The molecule has 5 heteroatoms. The molecule has 0 saturated heterocycles. The minimum atomic E-state index is -0.175. The van der Waals surface area contributed by atoms with E-state index in [1.807, 2.05) is 13.0 Å². The predicted molar refractivity (Wildman–Crippen MR) is 68.3 cm³/mol. The fourth-order valence-electron chi connectivity index (χ4n) is 1.32. The maximum absolute atomic E-state index is 11.6. The Morgan fingerprint density at radius 1 is 1.11 bits per heavy atom. The van der Waals surface area contributed by atoms with Crippen LogP contribution in [0.4, 0.5) is 0 Å². The Morgan fingerprint density at radius 2 is 1.78 bits per heavy atom. The fraction of sp³-hybridized carbons (Fsp3) is 0.385. The van der Waals surface area contributed by atoms with Gasteiger partial charge in [0, 0.05) is 25.3 Å². The first-order valence-electron chi connectivity index (χ1n) is 5.91.